The van der Waals surface area contributed by atoms with Crippen LogP contribution in [-0.2, 0) is 23.9 Å². The molecule has 1 aliphatic rings. The summed E-state index contributed by atoms with van der Waals surface area (Å²) < 4.78 is 5.04. The third-order valence-electron chi connectivity index (χ3n) is 2.78. The molecule has 0 aromatic rings. The maximum atomic E-state index is 11.8. The number of likely N-dealkylation sites (tertiary alicyclic amines) is 1. The molecule has 0 spiro atoms. The Labute approximate surface area is 126 Å². The van der Waals surface area contributed by atoms with E-state index in [0.29, 0.717) is 0 Å². The predicted octanol–water partition coefficient (Wildman–Crippen LogP) is -1.30. The molecule has 0 radical (unpaired) electrons. The first-order valence-electron chi connectivity index (χ1n) is 6.41. The van der Waals surface area contributed by atoms with Crippen molar-refractivity contribution in [3.05, 3.63) is 0 Å². The number of amides is 4. The molecule has 1 heterocycles. The van der Waals surface area contributed by atoms with Crippen LogP contribution in [0.1, 0.15) is 13.3 Å². The van der Waals surface area contributed by atoms with Crippen molar-refractivity contribution in [3.8, 4) is 0 Å². The van der Waals surface area contributed by atoms with Gasteiger partial charge in [0.1, 0.15) is 13.3 Å². The first-order valence-corrected chi connectivity index (χ1v) is 7.70. The van der Waals surface area contributed by atoms with Crippen LogP contribution in [0.25, 0.3) is 0 Å². The number of hydrogen-bond acceptors (Lipinski definition) is 6. The van der Waals surface area contributed by atoms with Gasteiger partial charge in [0.2, 0.25) is 23.6 Å². The van der Waals surface area contributed by atoms with Gasteiger partial charge in [-0.3, -0.25) is 24.1 Å². The number of hydrogen-bond donors (Lipinski definition) is 2. The first-order chi connectivity index (χ1) is 9.95. The van der Waals surface area contributed by atoms with E-state index in [1.807, 2.05) is 0 Å². The normalized spacial score (nSPS) is 18.0. The van der Waals surface area contributed by atoms with Crippen LogP contribution in [0, 0.1) is 0 Å². The monoisotopic (exact) mass is 317 g/mol. The Morgan fingerprint density at radius 1 is 1.38 bits per heavy atom. The highest BCUT2D eigenvalue weighted by molar-refractivity contribution is 8.00. The van der Waals surface area contributed by atoms with Crippen LogP contribution in [0.2, 0.25) is 0 Å². The lowest BCUT2D eigenvalue weighted by Gasteiger charge is -2.14. The average molecular weight is 317 g/mol. The van der Waals surface area contributed by atoms with Crippen LogP contribution >= 0.6 is 11.8 Å². The van der Waals surface area contributed by atoms with Crippen molar-refractivity contribution in [1.29, 1.82) is 0 Å². The topological polar surface area (TPSA) is 105 Å². The van der Waals surface area contributed by atoms with Crippen molar-refractivity contribution >= 4 is 35.4 Å². The van der Waals surface area contributed by atoms with Crippen molar-refractivity contribution < 1.29 is 23.9 Å². The van der Waals surface area contributed by atoms with E-state index >= 15 is 0 Å². The number of carbonyl (C=O) groups excluding carboxylic acids is 4. The Morgan fingerprint density at radius 2 is 2.10 bits per heavy atom. The van der Waals surface area contributed by atoms with E-state index < -0.39 is 5.91 Å². The molecular weight excluding hydrogens is 298 g/mol. The second kappa shape index (κ2) is 8.63. The summed E-state index contributed by atoms with van der Waals surface area (Å²) in [6.07, 6.45) is 1.90. The van der Waals surface area contributed by atoms with Gasteiger partial charge in [-0.2, -0.15) is 11.8 Å². The summed E-state index contributed by atoms with van der Waals surface area (Å²) in [6, 6.07) is 0. The van der Waals surface area contributed by atoms with Crippen LogP contribution in [0.5, 0.6) is 0 Å². The number of imide groups is 1. The second-order valence-electron chi connectivity index (χ2n) is 4.38. The van der Waals surface area contributed by atoms with E-state index in [2.05, 4.69) is 10.6 Å². The maximum Gasteiger partial charge on any atom is 0.243 e. The van der Waals surface area contributed by atoms with E-state index in [-0.39, 0.29) is 55.8 Å². The molecule has 2 N–H and O–H groups in total. The molecule has 0 saturated carbocycles. The Morgan fingerprint density at radius 3 is 2.67 bits per heavy atom. The summed E-state index contributed by atoms with van der Waals surface area (Å²) in [4.78, 5) is 46.6. The maximum absolute atomic E-state index is 11.8. The van der Waals surface area contributed by atoms with E-state index in [0.717, 1.165) is 4.90 Å². The number of nitrogens with one attached hydrogen (secondary N) is 2. The molecule has 1 saturated heterocycles. The number of ether oxygens (including phenoxy) is 1. The quantitative estimate of drug-likeness (QED) is 0.328. The zero-order valence-corrected chi connectivity index (χ0v) is 12.8. The van der Waals surface area contributed by atoms with Gasteiger partial charge in [-0.05, 0) is 6.26 Å². The van der Waals surface area contributed by atoms with Gasteiger partial charge >= 0.3 is 0 Å². The standard InChI is InChI=1S/C12H19N3O5S/c1-8(16)14-7-20-4-3-13-10(17)6-15-11(18)5-9(21-2)12(15)19/h9H,3-7H2,1-2H3,(H,13,17)(H,14,16). The zero-order valence-electron chi connectivity index (χ0n) is 12.0. The number of nitrogens with zero attached hydrogens (tertiary/aromatic N) is 1. The highest BCUT2D eigenvalue weighted by Gasteiger charge is 2.38. The van der Waals surface area contributed by atoms with Crippen molar-refractivity contribution in [2.75, 3.05) is 32.7 Å². The predicted molar refractivity (Wildman–Crippen MR) is 76.3 cm³/mol. The first kappa shape index (κ1) is 17.4. The van der Waals surface area contributed by atoms with Crippen LogP contribution in [0.15, 0.2) is 0 Å². The minimum atomic E-state index is -0.415. The Bertz CT molecular complexity index is 429. The van der Waals surface area contributed by atoms with E-state index in [9.17, 15) is 19.2 Å². The molecule has 118 valence electrons. The fraction of sp³-hybridized carbons (Fsp3) is 0.667. The van der Waals surface area contributed by atoms with Crippen molar-refractivity contribution in [3.63, 3.8) is 0 Å². The summed E-state index contributed by atoms with van der Waals surface area (Å²) in [5.41, 5.74) is 0. The molecule has 1 aliphatic heterocycles. The van der Waals surface area contributed by atoms with E-state index in [1.54, 1.807) is 6.26 Å². The third kappa shape index (κ3) is 5.72. The molecule has 8 nitrogen and oxygen atoms in total. The molecule has 0 bridgehead atoms. The molecule has 1 unspecified atom stereocenters. The van der Waals surface area contributed by atoms with Gasteiger partial charge in [-0.15, -0.1) is 0 Å². The highest BCUT2D eigenvalue weighted by Crippen LogP contribution is 2.22. The molecule has 1 fully saturated rings. The SMILES string of the molecule is CSC1CC(=O)N(CC(=O)NCCOCNC(C)=O)C1=O. The molecule has 0 aliphatic carbocycles. The summed E-state index contributed by atoms with van der Waals surface area (Å²) >= 11 is 1.31. The minimum absolute atomic E-state index is 0.0731. The largest absolute Gasteiger partial charge is 0.359 e. The summed E-state index contributed by atoms with van der Waals surface area (Å²) in [6.45, 7) is 1.64. The van der Waals surface area contributed by atoms with Crippen LogP contribution in [0.4, 0.5) is 0 Å². The van der Waals surface area contributed by atoms with Gasteiger partial charge in [0, 0.05) is 19.9 Å². The fourth-order valence-electron chi connectivity index (χ4n) is 1.69. The lowest BCUT2D eigenvalue weighted by atomic mass is 10.4. The van der Waals surface area contributed by atoms with Gasteiger partial charge in [0.15, 0.2) is 0 Å². The van der Waals surface area contributed by atoms with Gasteiger partial charge < -0.3 is 15.4 Å². The smallest absolute Gasteiger partial charge is 0.243 e. The zero-order chi connectivity index (χ0) is 15.8. The number of thioether (sulfide) groups is 1. The summed E-state index contributed by atoms with van der Waals surface area (Å²) in [7, 11) is 0. The van der Waals surface area contributed by atoms with Crippen LogP contribution in [-0.4, -0.2) is 66.5 Å². The number of rotatable bonds is 8. The van der Waals surface area contributed by atoms with E-state index in [4.69, 9.17) is 4.74 Å². The Kier molecular flexibility index (Phi) is 7.17. The number of carbonyl (C=O) groups is 4. The third-order valence-corrected chi connectivity index (χ3v) is 3.72. The molecule has 1 rings (SSSR count). The summed E-state index contributed by atoms with van der Waals surface area (Å²) in [5, 5.41) is 4.60. The highest BCUT2D eigenvalue weighted by atomic mass is 32.2. The Balaban J connectivity index is 2.20. The van der Waals surface area contributed by atoms with E-state index in [1.165, 1.54) is 18.7 Å². The molecule has 0 aromatic carbocycles. The molecule has 9 heteroatoms. The molecule has 0 aromatic heterocycles. The van der Waals surface area contributed by atoms with Gasteiger partial charge in [-0.25, -0.2) is 0 Å². The fourth-order valence-corrected chi connectivity index (χ4v) is 2.33. The Hall–Kier alpha value is -1.61. The minimum Gasteiger partial charge on any atom is -0.359 e. The van der Waals surface area contributed by atoms with Gasteiger partial charge in [-0.1, -0.05) is 0 Å². The van der Waals surface area contributed by atoms with Gasteiger partial charge in [0.25, 0.3) is 0 Å². The second-order valence-corrected chi connectivity index (χ2v) is 5.42. The van der Waals surface area contributed by atoms with Gasteiger partial charge in [0.05, 0.1) is 11.9 Å². The average Bonchev–Trinajstić information content (AvgIpc) is 2.69. The summed E-state index contributed by atoms with van der Waals surface area (Å²) in [5.74, 6) is -1.25. The molecule has 21 heavy (non-hydrogen) atoms. The van der Waals surface area contributed by atoms with Crippen molar-refractivity contribution in [1.82, 2.24) is 15.5 Å². The van der Waals surface area contributed by atoms with Crippen LogP contribution in [0.3, 0.4) is 0 Å². The van der Waals surface area contributed by atoms with Crippen molar-refractivity contribution in [2.45, 2.75) is 18.6 Å². The lowest BCUT2D eigenvalue weighted by Crippen LogP contribution is -2.42. The molecular formula is C12H19N3O5S. The lowest BCUT2D eigenvalue weighted by molar-refractivity contribution is -0.142. The molecule has 4 amide bonds. The van der Waals surface area contributed by atoms with Crippen molar-refractivity contribution in [2.24, 2.45) is 0 Å². The van der Waals surface area contributed by atoms with Crippen LogP contribution < -0.4 is 10.6 Å². The molecule has 1 atom stereocenters.